The third-order valence-electron chi connectivity index (χ3n) is 6.86. The first-order valence-electron chi connectivity index (χ1n) is 11.3. The van der Waals surface area contributed by atoms with Gasteiger partial charge >= 0.3 is 5.97 Å². The zero-order valence-electron chi connectivity index (χ0n) is 18.2. The Labute approximate surface area is 183 Å². The highest BCUT2D eigenvalue weighted by molar-refractivity contribution is 6.05. The first kappa shape index (κ1) is 21.3. The molecule has 0 aliphatic heterocycles. The molecule has 0 unspecified atom stereocenters. The highest BCUT2D eigenvalue weighted by Crippen LogP contribution is 2.33. The van der Waals surface area contributed by atoms with E-state index in [2.05, 4.69) is 6.07 Å². The number of ether oxygens (including phenoxy) is 1. The maximum Gasteiger partial charge on any atom is 0.339 e. The number of rotatable bonds is 4. The predicted octanol–water partition coefficient (Wildman–Crippen LogP) is 4.35. The SMILES string of the molecule is CN(C(=O)COC(=O)c1c2c(nc3ccccc13)CCCCC2)C1(C#N)CCCCC1. The Morgan fingerprint density at radius 3 is 2.58 bits per heavy atom. The second-order valence-corrected chi connectivity index (χ2v) is 8.72. The van der Waals surface area contributed by atoms with Crippen molar-refractivity contribution in [2.24, 2.45) is 0 Å². The van der Waals surface area contributed by atoms with Gasteiger partial charge in [0.25, 0.3) is 5.91 Å². The average molecular weight is 420 g/mol. The van der Waals surface area contributed by atoms with Gasteiger partial charge in [0, 0.05) is 18.1 Å². The number of para-hydroxylation sites is 1. The second kappa shape index (κ2) is 9.05. The normalized spacial score (nSPS) is 17.8. The number of esters is 1. The van der Waals surface area contributed by atoms with Crippen LogP contribution in [-0.2, 0) is 22.4 Å². The lowest BCUT2D eigenvalue weighted by Gasteiger charge is -2.38. The minimum atomic E-state index is -0.789. The summed E-state index contributed by atoms with van der Waals surface area (Å²) in [6, 6.07) is 9.96. The summed E-state index contributed by atoms with van der Waals surface area (Å²) in [5.41, 5.74) is 2.47. The van der Waals surface area contributed by atoms with Crippen molar-refractivity contribution in [2.75, 3.05) is 13.7 Å². The largest absolute Gasteiger partial charge is 0.452 e. The van der Waals surface area contributed by atoms with E-state index in [4.69, 9.17) is 9.72 Å². The number of hydrogen-bond donors (Lipinski definition) is 0. The Hall–Kier alpha value is -2.94. The molecule has 0 atom stereocenters. The quantitative estimate of drug-likeness (QED) is 0.544. The summed E-state index contributed by atoms with van der Waals surface area (Å²) in [6.07, 6.45) is 9.12. The average Bonchev–Trinajstić information content (AvgIpc) is 3.05. The van der Waals surface area contributed by atoms with E-state index < -0.39 is 11.5 Å². The van der Waals surface area contributed by atoms with Gasteiger partial charge in [-0.25, -0.2) is 4.79 Å². The molecule has 0 spiro atoms. The molecule has 2 aliphatic rings. The second-order valence-electron chi connectivity index (χ2n) is 8.72. The van der Waals surface area contributed by atoms with Crippen molar-refractivity contribution in [1.29, 1.82) is 5.26 Å². The summed E-state index contributed by atoms with van der Waals surface area (Å²) < 4.78 is 5.54. The van der Waals surface area contributed by atoms with Gasteiger partial charge in [-0.3, -0.25) is 9.78 Å². The summed E-state index contributed by atoms with van der Waals surface area (Å²) in [4.78, 5) is 32.3. The molecule has 1 fully saturated rings. The van der Waals surface area contributed by atoms with Crippen molar-refractivity contribution in [1.82, 2.24) is 9.88 Å². The molecule has 1 aromatic heterocycles. The number of pyridine rings is 1. The van der Waals surface area contributed by atoms with Crippen molar-refractivity contribution < 1.29 is 14.3 Å². The molecule has 2 aliphatic carbocycles. The van der Waals surface area contributed by atoms with E-state index in [1.165, 1.54) is 4.90 Å². The van der Waals surface area contributed by atoms with Gasteiger partial charge in [-0.1, -0.05) is 43.9 Å². The van der Waals surface area contributed by atoms with E-state index in [1.807, 2.05) is 24.3 Å². The maximum atomic E-state index is 13.2. The standard InChI is InChI=1S/C25H29N3O3/c1-28(25(17-26)14-8-3-9-15-25)22(29)16-31-24(30)23-18-10-4-2-5-12-20(18)27-21-13-7-6-11-19(21)23/h6-7,11,13H,2-5,8-10,12,14-16H2,1H3. The van der Waals surface area contributed by atoms with Crippen molar-refractivity contribution in [3.8, 4) is 6.07 Å². The van der Waals surface area contributed by atoms with E-state index in [1.54, 1.807) is 7.05 Å². The van der Waals surface area contributed by atoms with E-state index >= 15 is 0 Å². The number of carbonyl (C=O) groups excluding carboxylic acids is 2. The predicted molar refractivity (Wildman–Crippen MR) is 117 cm³/mol. The van der Waals surface area contributed by atoms with Crippen LogP contribution in [0.1, 0.15) is 73.0 Å². The molecule has 4 rings (SSSR count). The molecule has 2 aromatic rings. The Morgan fingerprint density at radius 1 is 1.10 bits per heavy atom. The van der Waals surface area contributed by atoms with Crippen LogP contribution in [0.2, 0.25) is 0 Å². The van der Waals surface area contributed by atoms with Gasteiger partial charge in [0.05, 0.1) is 17.1 Å². The summed E-state index contributed by atoms with van der Waals surface area (Å²) in [6.45, 7) is -0.357. The molecule has 1 saturated carbocycles. The number of fused-ring (bicyclic) bond motifs is 2. The van der Waals surface area contributed by atoms with Crippen LogP contribution >= 0.6 is 0 Å². The van der Waals surface area contributed by atoms with Crippen molar-refractivity contribution in [3.05, 3.63) is 41.1 Å². The fraction of sp³-hybridized carbons (Fsp3) is 0.520. The number of carbonyl (C=O) groups is 2. The third kappa shape index (κ3) is 4.14. The fourth-order valence-electron chi connectivity index (χ4n) is 4.98. The summed E-state index contributed by atoms with van der Waals surface area (Å²) >= 11 is 0. The minimum Gasteiger partial charge on any atom is -0.452 e. The van der Waals surface area contributed by atoms with Crippen molar-refractivity contribution in [3.63, 3.8) is 0 Å². The zero-order valence-corrected chi connectivity index (χ0v) is 18.2. The van der Waals surface area contributed by atoms with Gasteiger partial charge in [0.15, 0.2) is 6.61 Å². The smallest absolute Gasteiger partial charge is 0.339 e. The zero-order chi connectivity index (χ0) is 21.8. The van der Waals surface area contributed by atoms with Gasteiger partial charge in [-0.2, -0.15) is 5.26 Å². The van der Waals surface area contributed by atoms with E-state index in [0.717, 1.165) is 73.5 Å². The lowest BCUT2D eigenvalue weighted by atomic mass is 9.81. The van der Waals surface area contributed by atoms with Gasteiger partial charge in [0.2, 0.25) is 0 Å². The van der Waals surface area contributed by atoms with Crippen LogP contribution in [0.15, 0.2) is 24.3 Å². The van der Waals surface area contributed by atoms with Crippen molar-refractivity contribution in [2.45, 2.75) is 69.7 Å². The lowest BCUT2D eigenvalue weighted by molar-refractivity contribution is -0.138. The van der Waals surface area contributed by atoms with E-state index in [-0.39, 0.29) is 12.5 Å². The Bertz CT molecular complexity index is 1030. The summed E-state index contributed by atoms with van der Waals surface area (Å²) in [5.74, 6) is -0.811. The van der Waals surface area contributed by atoms with E-state index in [9.17, 15) is 14.9 Å². The Balaban J connectivity index is 1.57. The van der Waals surface area contributed by atoms with Crippen LogP contribution in [0.4, 0.5) is 0 Å². The number of nitrogens with zero attached hydrogens (tertiary/aromatic N) is 3. The maximum absolute atomic E-state index is 13.2. The molecule has 1 amide bonds. The molecule has 0 N–H and O–H groups in total. The number of likely N-dealkylation sites (N-methyl/N-ethyl adjacent to an activating group) is 1. The topological polar surface area (TPSA) is 83.3 Å². The molecule has 6 nitrogen and oxygen atoms in total. The van der Waals surface area contributed by atoms with Crippen LogP contribution in [0.5, 0.6) is 0 Å². The molecule has 6 heteroatoms. The Morgan fingerprint density at radius 2 is 1.81 bits per heavy atom. The third-order valence-corrected chi connectivity index (χ3v) is 6.86. The molecule has 0 saturated heterocycles. The number of nitriles is 1. The van der Waals surface area contributed by atoms with Crippen molar-refractivity contribution >= 4 is 22.8 Å². The van der Waals surface area contributed by atoms with Crippen LogP contribution in [0.25, 0.3) is 10.9 Å². The van der Waals surface area contributed by atoms with Crippen LogP contribution in [-0.4, -0.2) is 41.0 Å². The van der Waals surface area contributed by atoms with Crippen LogP contribution in [0, 0.1) is 11.3 Å². The monoisotopic (exact) mass is 419 g/mol. The van der Waals surface area contributed by atoms with Gasteiger partial charge in [-0.05, 0) is 50.2 Å². The highest BCUT2D eigenvalue weighted by atomic mass is 16.5. The molecule has 0 bridgehead atoms. The molecule has 162 valence electrons. The molecule has 1 aromatic carbocycles. The Kier molecular flexibility index (Phi) is 6.22. The number of benzene rings is 1. The number of hydrogen-bond acceptors (Lipinski definition) is 5. The minimum absolute atomic E-state index is 0.332. The van der Waals surface area contributed by atoms with E-state index in [0.29, 0.717) is 18.4 Å². The fourth-order valence-corrected chi connectivity index (χ4v) is 4.98. The molecular weight excluding hydrogens is 390 g/mol. The lowest BCUT2D eigenvalue weighted by Crippen LogP contribution is -2.51. The highest BCUT2D eigenvalue weighted by Gasteiger charge is 2.39. The van der Waals surface area contributed by atoms with Crippen LogP contribution < -0.4 is 0 Å². The summed E-state index contributed by atoms with van der Waals surface area (Å²) in [7, 11) is 1.65. The number of aryl methyl sites for hydroxylation is 1. The number of amides is 1. The molecule has 31 heavy (non-hydrogen) atoms. The van der Waals surface area contributed by atoms with Crippen LogP contribution in [0.3, 0.4) is 0 Å². The van der Waals surface area contributed by atoms with Gasteiger partial charge in [0.1, 0.15) is 5.54 Å². The molecular formula is C25H29N3O3. The number of aromatic nitrogens is 1. The summed E-state index contributed by atoms with van der Waals surface area (Å²) in [5, 5.41) is 10.5. The van der Waals surface area contributed by atoms with Gasteiger partial charge in [-0.15, -0.1) is 0 Å². The first-order valence-corrected chi connectivity index (χ1v) is 11.3. The van der Waals surface area contributed by atoms with Gasteiger partial charge < -0.3 is 9.64 Å². The molecule has 0 radical (unpaired) electrons. The first-order chi connectivity index (χ1) is 15.1. The molecule has 1 heterocycles.